The molecule has 1 atom stereocenters. The maximum atomic E-state index is 13.7. The maximum absolute atomic E-state index is 13.7. The molecule has 8 heteroatoms. The minimum atomic E-state index is -4.12. The molecule has 0 bridgehead atoms. The summed E-state index contributed by atoms with van der Waals surface area (Å²) in [6.45, 7) is 6.44. The van der Waals surface area contributed by atoms with Crippen LogP contribution in [0.2, 0.25) is 0 Å². The molecular weight excluding hydrogens is 363 g/mol. The third-order valence-electron chi connectivity index (χ3n) is 3.29. The van der Waals surface area contributed by atoms with Gasteiger partial charge in [-0.2, -0.15) is 0 Å². The van der Waals surface area contributed by atoms with E-state index in [-0.39, 0.29) is 16.0 Å². The quantitative estimate of drug-likeness (QED) is 0.820. The molecule has 1 unspecified atom stereocenters. The highest BCUT2D eigenvalue weighted by Crippen LogP contribution is 2.25. The Hall–Kier alpha value is -0.990. The lowest BCUT2D eigenvalue weighted by atomic mass is 9.98. The van der Waals surface area contributed by atoms with Crippen LogP contribution in [0.1, 0.15) is 31.1 Å². The Balaban J connectivity index is 3.04. The van der Waals surface area contributed by atoms with Crippen LogP contribution in [-0.4, -0.2) is 20.9 Å². The zero-order chi connectivity index (χ0) is 16.4. The molecule has 21 heavy (non-hydrogen) atoms. The van der Waals surface area contributed by atoms with Crippen molar-refractivity contribution in [1.82, 2.24) is 5.32 Å². The molecule has 5 nitrogen and oxygen atoms in total. The van der Waals surface area contributed by atoms with Crippen molar-refractivity contribution < 1.29 is 17.6 Å². The Kier molecular flexibility index (Phi) is 5.89. The fourth-order valence-corrected chi connectivity index (χ4v) is 3.04. The van der Waals surface area contributed by atoms with E-state index in [4.69, 9.17) is 5.14 Å². The van der Waals surface area contributed by atoms with Crippen LogP contribution in [0.15, 0.2) is 21.5 Å². The van der Waals surface area contributed by atoms with Crippen molar-refractivity contribution in [2.45, 2.75) is 25.7 Å². The van der Waals surface area contributed by atoms with Gasteiger partial charge in [-0.05, 0) is 39.9 Å². The Morgan fingerprint density at radius 2 is 1.95 bits per heavy atom. The Morgan fingerprint density at radius 3 is 2.43 bits per heavy atom. The van der Waals surface area contributed by atoms with Crippen LogP contribution in [0.3, 0.4) is 0 Å². The van der Waals surface area contributed by atoms with Gasteiger partial charge in [-0.25, -0.2) is 17.9 Å². The van der Waals surface area contributed by atoms with Crippen LogP contribution < -0.4 is 10.5 Å². The third-order valence-corrected chi connectivity index (χ3v) is 5.29. The summed E-state index contributed by atoms with van der Waals surface area (Å²) in [4.78, 5) is 11.5. The van der Waals surface area contributed by atoms with Gasteiger partial charge in [-0.1, -0.05) is 20.8 Å². The van der Waals surface area contributed by atoms with Gasteiger partial charge in [0.1, 0.15) is 5.82 Å². The first-order valence-electron chi connectivity index (χ1n) is 6.34. The summed E-state index contributed by atoms with van der Waals surface area (Å²) in [6.07, 6.45) is 0. The molecule has 0 aromatic heterocycles. The van der Waals surface area contributed by atoms with Gasteiger partial charge in [0.15, 0.2) is 0 Å². The highest BCUT2D eigenvalue weighted by Gasteiger charge is 2.20. The van der Waals surface area contributed by atoms with Crippen LogP contribution in [-0.2, 0) is 10.0 Å². The first-order chi connectivity index (χ1) is 9.54. The number of nitrogens with two attached hydrogens (primary N) is 1. The molecule has 0 aliphatic carbocycles. The normalized spacial score (nSPS) is 13.3. The fraction of sp³-hybridized carbons (Fsp3) is 0.462. The first kappa shape index (κ1) is 18.1. The molecule has 1 rings (SSSR count). The Labute approximate surface area is 132 Å². The van der Waals surface area contributed by atoms with Crippen LogP contribution in [0.4, 0.5) is 4.39 Å². The summed E-state index contributed by atoms with van der Waals surface area (Å²) in [7, 11) is -4.12. The number of carbonyl (C=O) groups is 1. The monoisotopic (exact) mass is 380 g/mol. The molecular formula is C13H18BrFN2O3S. The molecule has 0 saturated heterocycles. The lowest BCUT2D eigenvalue weighted by Crippen LogP contribution is -2.30. The van der Waals surface area contributed by atoms with Gasteiger partial charge in [-0.15, -0.1) is 0 Å². The summed E-state index contributed by atoms with van der Waals surface area (Å²) in [5.41, 5.74) is -0.0873. The molecule has 0 fully saturated rings. The molecule has 3 N–H and O–H groups in total. The van der Waals surface area contributed by atoms with Crippen molar-refractivity contribution in [3.8, 4) is 0 Å². The molecule has 118 valence electrons. The number of sulfonamides is 1. The van der Waals surface area contributed by atoms with Crippen molar-refractivity contribution in [2.24, 2.45) is 17.0 Å². The van der Waals surface area contributed by atoms with Crippen LogP contribution >= 0.6 is 15.9 Å². The van der Waals surface area contributed by atoms with Crippen molar-refractivity contribution in [3.05, 3.63) is 28.0 Å². The molecule has 0 spiro atoms. The van der Waals surface area contributed by atoms with E-state index in [2.05, 4.69) is 21.2 Å². The fourth-order valence-electron chi connectivity index (χ4n) is 1.49. The van der Waals surface area contributed by atoms with Gasteiger partial charge in [0.2, 0.25) is 10.0 Å². The zero-order valence-corrected chi connectivity index (χ0v) is 14.4. The maximum Gasteiger partial charge on any atom is 0.251 e. The van der Waals surface area contributed by atoms with E-state index in [0.29, 0.717) is 12.5 Å². The average molecular weight is 381 g/mol. The van der Waals surface area contributed by atoms with Gasteiger partial charge < -0.3 is 5.32 Å². The lowest BCUT2D eigenvalue weighted by Gasteiger charge is -2.16. The molecule has 0 aliphatic rings. The van der Waals surface area contributed by atoms with Crippen molar-refractivity contribution >= 4 is 31.9 Å². The standard InChI is InChI=1S/C13H18BrFN2O3S/c1-7(2)8(3)6-17-13(18)9-4-10(15)12(14)11(5-9)21(16,19)20/h4-5,7-8H,6H2,1-3H3,(H,17,18)(H2,16,19,20). The highest BCUT2D eigenvalue weighted by atomic mass is 79.9. The number of halogens is 2. The van der Waals surface area contributed by atoms with E-state index in [9.17, 15) is 17.6 Å². The summed E-state index contributed by atoms with van der Waals surface area (Å²) < 4.78 is 36.2. The van der Waals surface area contributed by atoms with Crippen LogP contribution in [0, 0.1) is 17.7 Å². The zero-order valence-electron chi connectivity index (χ0n) is 12.0. The summed E-state index contributed by atoms with van der Waals surface area (Å²) in [6, 6.07) is 2.02. The summed E-state index contributed by atoms with van der Waals surface area (Å²) in [5, 5.41) is 7.65. The van der Waals surface area contributed by atoms with E-state index >= 15 is 0 Å². The molecule has 0 radical (unpaired) electrons. The van der Waals surface area contributed by atoms with E-state index in [1.807, 2.05) is 20.8 Å². The van der Waals surface area contributed by atoms with Crippen molar-refractivity contribution in [1.29, 1.82) is 0 Å². The minimum absolute atomic E-state index is 0.0873. The number of benzene rings is 1. The molecule has 1 aromatic carbocycles. The topological polar surface area (TPSA) is 89.3 Å². The van der Waals surface area contributed by atoms with Gasteiger partial charge >= 0.3 is 0 Å². The lowest BCUT2D eigenvalue weighted by molar-refractivity contribution is 0.0944. The van der Waals surface area contributed by atoms with Crippen LogP contribution in [0.5, 0.6) is 0 Å². The second-order valence-corrected chi connectivity index (χ2v) is 7.57. The van der Waals surface area contributed by atoms with E-state index in [0.717, 1.165) is 12.1 Å². The average Bonchev–Trinajstić information content (AvgIpc) is 2.36. The Morgan fingerprint density at radius 1 is 1.38 bits per heavy atom. The predicted octanol–water partition coefficient (Wildman–Crippen LogP) is 2.26. The van der Waals surface area contributed by atoms with Crippen molar-refractivity contribution in [2.75, 3.05) is 6.54 Å². The van der Waals surface area contributed by atoms with Gasteiger partial charge in [0, 0.05) is 12.1 Å². The van der Waals surface area contributed by atoms with E-state index in [1.54, 1.807) is 0 Å². The third kappa shape index (κ3) is 4.76. The number of hydrogen-bond acceptors (Lipinski definition) is 3. The second kappa shape index (κ2) is 6.85. The van der Waals surface area contributed by atoms with Gasteiger partial charge in [-0.3, -0.25) is 4.79 Å². The van der Waals surface area contributed by atoms with Gasteiger partial charge in [0.05, 0.1) is 9.37 Å². The molecule has 0 aliphatic heterocycles. The van der Waals surface area contributed by atoms with E-state index in [1.165, 1.54) is 0 Å². The van der Waals surface area contributed by atoms with Crippen LogP contribution in [0.25, 0.3) is 0 Å². The number of carbonyl (C=O) groups excluding carboxylic acids is 1. The molecule has 1 amide bonds. The number of rotatable bonds is 5. The molecule has 0 heterocycles. The van der Waals surface area contributed by atoms with Gasteiger partial charge in [0.25, 0.3) is 5.91 Å². The minimum Gasteiger partial charge on any atom is -0.352 e. The molecule has 1 aromatic rings. The largest absolute Gasteiger partial charge is 0.352 e. The van der Waals surface area contributed by atoms with Crippen molar-refractivity contribution in [3.63, 3.8) is 0 Å². The SMILES string of the molecule is CC(C)C(C)CNC(=O)c1cc(F)c(Br)c(S(N)(=O)=O)c1. The number of hydrogen-bond donors (Lipinski definition) is 2. The smallest absolute Gasteiger partial charge is 0.251 e. The predicted molar refractivity (Wildman–Crippen MR) is 81.8 cm³/mol. The number of primary sulfonamides is 1. The summed E-state index contributed by atoms with van der Waals surface area (Å²) in [5.74, 6) is -0.777. The number of nitrogens with one attached hydrogen (secondary N) is 1. The van der Waals surface area contributed by atoms with E-state index < -0.39 is 26.6 Å². The first-order valence-corrected chi connectivity index (χ1v) is 8.68. The molecule has 0 saturated carbocycles. The second-order valence-electron chi connectivity index (χ2n) is 5.25. The number of amides is 1. The highest BCUT2D eigenvalue weighted by molar-refractivity contribution is 9.10. The summed E-state index contributed by atoms with van der Waals surface area (Å²) >= 11 is 2.81. The Bertz CT molecular complexity index is 647.